The molecule has 0 spiro atoms. The van der Waals surface area contributed by atoms with Crippen LogP contribution < -0.4 is 4.74 Å². The summed E-state index contributed by atoms with van der Waals surface area (Å²) in [5.41, 5.74) is 1.53. The highest BCUT2D eigenvalue weighted by molar-refractivity contribution is 14.1. The van der Waals surface area contributed by atoms with Gasteiger partial charge in [-0.1, -0.05) is 0 Å². The molecule has 1 aromatic carbocycles. The number of halogens is 2. The maximum Gasteiger partial charge on any atom is 0.341 e. The zero-order valence-electron chi connectivity index (χ0n) is 11.7. The molecule has 0 aliphatic rings. The first kappa shape index (κ1) is 15.7. The molecule has 1 aromatic heterocycles. The van der Waals surface area contributed by atoms with Crippen molar-refractivity contribution in [1.82, 2.24) is 4.98 Å². The van der Waals surface area contributed by atoms with Crippen molar-refractivity contribution in [2.24, 2.45) is 0 Å². The summed E-state index contributed by atoms with van der Waals surface area (Å²) >= 11 is 2.13. The van der Waals surface area contributed by atoms with Crippen LogP contribution in [0.4, 0.5) is 4.39 Å². The lowest BCUT2D eigenvalue weighted by Crippen LogP contribution is -2.08. The molecule has 2 rings (SSSR count). The second kappa shape index (κ2) is 6.38. The predicted molar refractivity (Wildman–Crippen MR) is 84.2 cm³/mol. The molecule has 2 aromatic rings. The van der Waals surface area contributed by atoms with Gasteiger partial charge in [0, 0.05) is 3.57 Å². The van der Waals surface area contributed by atoms with Crippen molar-refractivity contribution in [3.8, 4) is 11.5 Å². The largest absolute Gasteiger partial charge is 0.465 e. The first-order chi connectivity index (χ1) is 9.93. The van der Waals surface area contributed by atoms with Gasteiger partial charge in [-0.2, -0.15) is 4.39 Å². The lowest BCUT2D eigenvalue weighted by atomic mass is 10.1. The van der Waals surface area contributed by atoms with Crippen molar-refractivity contribution >= 4 is 28.6 Å². The fourth-order valence-corrected chi connectivity index (χ4v) is 2.30. The molecular weight excluding hydrogens is 388 g/mol. The Morgan fingerprint density at radius 2 is 1.86 bits per heavy atom. The minimum atomic E-state index is -0.577. The van der Waals surface area contributed by atoms with Crippen LogP contribution in [0.1, 0.15) is 21.6 Å². The van der Waals surface area contributed by atoms with Crippen LogP contribution in [-0.2, 0) is 4.74 Å². The number of hydrogen-bond acceptors (Lipinski definition) is 4. The molecule has 0 bridgehead atoms. The number of benzene rings is 1. The lowest BCUT2D eigenvalue weighted by molar-refractivity contribution is 0.0597. The summed E-state index contributed by atoms with van der Waals surface area (Å²) in [5, 5.41) is 0. The number of rotatable bonds is 3. The van der Waals surface area contributed by atoms with Crippen molar-refractivity contribution in [3.63, 3.8) is 0 Å². The molecule has 0 saturated carbocycles. The fourth-order valence-electron chi connectivity index (χ4n) is 1.85. The summed E-state index contributed by atoms with van der Waals surface area (Å²) in [4.78, 5) is 15.7. The smallest absolute Gasteiger partial charge is 0.341 e. The highest BCUT2D eigenvalue weighted by Crippen LogP contribution is 2.31. The van der Waals surface area contributed by atoms with Gasteiger partial charge in [0.25, 0.3) is 0 Å². The summed E-state index contributed by atoms with van der Waals surface area (Å²) in [7, 11) is 1.32. The molecule has 110 valence electrons. The molecule has 0 fully saturated rings. The average molecular weight is 401 g/mol. The molecule has 0 N–H and O–H groups in total. The first-order valence-corrected chi connectivity index (χ1v) is 7.20. The van der Waals surface area contributed by atoms with Gasteiger partial charge in [-0.3, -0.25) is 0 Å². The number of carbonyl (C=O) groups is 1. The number of nitrogens with zero attached hydrogens (tertiary/aromatic N) is 1. The van der Waals surface area contributed by atoms with Crippen molar-refractivity contribution in [2.75, 3.05) is 7.11 Å². The number of aromatic nitrogens is 1. The molecule has 1 heterocycles. The van der Waals surface area contributed by atoms with E-state index >= 15 is 0 Å². The molecule has 0 saturated heterocycles. The molecule has 21 heavy (non-hydrogen) atoms. The van der Waals surface area contributed by atoms with E-state index in [2.05, 4.69) is 27.6 Å². The van der Waals surface area contributed by atoms with Gasteiger partial charge in [-0.25, -0.2) is 9.78 Å². The van der Waals surface area contributed by atoms with Crippen LogP contribution in [0.5, 0.6) is 11.5 Å². The quantitative estimate of drug-likeness (QED) is 0.443. The van der Waals surface area contributed by atoms with E-state index in [4.69, 9.17) is 9.47 Å². The van der Waals surface area contributed by atoms with Gasteiger partial charge < -0.3 is 9.47 Å². The van der Waals surface area contributed by atoms with Crippen molar-refractivity contribution < 1.29 is 18.7 Å². The van der Waals surface area contributed by atoms with E-state index in [0.29, 0.717) is 22.8 Å². The van der Waals surface area contributed by atoms with Gasteiger partial charge in [0.1, 0.15) is 17.1 Å². The third-order valence-electron chi connectivity index (χ3n) is 2.97. The number of ether oxygens (including phenoxy) is 2. The highest BCUT2D eigenvalue weighted by atomic mass is 127. The molecule has 0 aliphatic carbocycles. The Bertz CT molecular complexity index is 704. The minimum absolute atomic E-state index is 0.355. The van der Waals surface area contributed by atoms with Crippen LogP contribution in [0.3, 0.4) is 0 Å². The zero-order valence-corrected chi connectivity index (χ0v) is 13.9. The number of pyridine rings is 1. The minimum Gasteiger partial charge on any atom is -0.465 e. The Morgan fingerprint density at radius 1 is 1.19 bits per heavy atom. The average Bonchev–Trinajstić information content (AvgIpc) is 2.45. The summed E-state index contributed by atoms with van der Waals surface area (Å²) in [6.07, 6.45) is 0. The van der Waals surface area contributed by atoms with Gasteiger partial charge in [-0.15, -0.1) is 0 Å². The fraction of sp³-hybridized carbons (Fsp3) is 0.200. The van der Waals surface area contributed by atoms with Crippen molar-refractivity contribution in [2.45, 2.75) is 13.8 Å². The normalized spacial score (nSPS) is 10.3. The van der Waals surface area contributed by atoms with Gasteiger partial charge in [-0.05, 0) is 66.3 Å². The van der Waals surface area contributed by atoms with Crippen LogP contribution in [0.25, 0.3) is 0 Å². The Morgan fingerprint density at radius 3 is 2.48 bits per heavy atom. The van der Waals surface area contributed by atoms with Crippen LogP contribution in [0.15, 0.2) is 24.3 Å². The number of esters is 1. The SMILES string of the molecule is COC(=O)c1c(Oc2ccc(F)nc2C)ccc(I)c1C. The number of aryl methyl sites for hydroxylation is 1. The Hall–Kier alpha value is -1.70. The Balaban J connectivity index is 2.49. The topological polar surface area (TPSA) is 48.4 Å². The van der Waals surface area contributed by atoms with Crippen molar-refractivity contribution in [3.05, 3.63) is 50.6 Å². The monoisotopic (exact) mass is 401 g/mol. The van der Waals surface area contributed by atoms with Gasteiger partial charge in [0.15, 0.2) is 0 Å². The Labute approximate surface area is 135 Å². The summed E-state index contributed by atoms with van der Waals surface area (Å²) < 4.78 is 24.5. The van der Waals surface area contributed by atoms with Crippen LogP contribution >= 0.6 is 22.6 Å². The molecule has 0 unspecified atom stereocenters. The predicted octanol–water partition coefficient (Wildman–Crippen LogP) is 4.02. The summed E-state index contributed by atoms with van der Waals surface area (Å²) in [5.74, 6) is -0.306. The van der Waals surface area contributed by atoms with Gasteiger partial charge >= 0.3 is 5.97 Å². The van der Waals surface area contributed by atoms with Crippen LogP contribution in [0, 0.1) is 23.4 Å². The standard InChI is InChI=1S/C15H13FINO3/c1-8-10(17)4-5-12(14(8)15(19)20-3)21-11-6-7-13(16)18-9(11)2/h4-7H,1-3H3. The van der Waals surface area contributed by atoms with Gasteiger partial charge in [0.05, 0.1) is 12.8 Å². The third-order valence-corrected chi connectivity index (χ3v) is 4.14. The second-order valence-corrected chi connectivity index (χ2v) is 5.52. The van der Waals surface area contributed by atoms with Crippen molar-refractivity contribution in [1.29, 1.82) is 0 Å². The van der Waals surface area contributed by atoms with Gasteiger partial charge in [0.2, 0.25) is 5.95 Å². The van der Waals surface area contributed by atoms with E-state index in [0.717, 1.165) is 9.13 Å². The van der Waals surface area contributed by atoms with E-state index < -0.39 is 11.9 Å². The van der Waals surface area contributed by atoms with E-state index in [9.17, 15) is 9.18 Å². The summed E-state index contributed by atoms with van der Waals surface area (Å²) in [6.45, 7) is 3.45. The maximum atomic E-state index is 13.0. The molecule has 4 nitrogen and oxygen atoms in total. The highest BCUT2D eigenvalue weighted by Gasteiger charge is 2.19. The third kappa shape index (κ3) is 3.31. The number of hydrogen-bond donors (Lipinski definition) is 0. The number of methoxy groups -OCH3 is 1. The van der Waals surface area contributed by atoms with Crippen LogP contribution in [-0.4, -0.2) is 18.1 Å². The molecule has 0 amide bonds. The maximum absolute atomic E-state index is 13.0. The molecule has 0 radical (unpaired) electrons. The van der Waals surface area contributed by atoms with Crippen LogP contribution in [0.2, 0.25) is 0 Å². The van der Waals surface area contributed by atoms with E-state index in [1.807, 2.05) is 13.0 Å². The van der Waals surface area contributed by atoms with E-state index in [-0.39, 0.29) is 0 Å². The van der Waals surface area contributed by atoms with E-state index in [1.165, 1.54) is 19.2 Å². The molecule has 6 heteroatoms. The van der Waals surface area contributed by atoms with E-state index in [1.54, 1.807) is 13.0 Å². The number of carbonyl (C=O) groups excluding carboxylic acids is 1. The molecular formula is C15H13FINO3. The molecule has 0 atom stereocenters. The lowest BCUT2D eigenvalue weighted by Gasteiger charge is -2.14. The second-order valence-electron chi connectivity index (χ2n) is 4.36. The first-order valence-electron chi connectivity index (χ1n) is 6.12. The Kier molecular flexibility index (Phi) is 4.76. The molecule has 0 aliphatic heterocycles. The zero-order chi connectivity index (χ0) is 15.6. The summed E-state index contributed by atoms with van der Waals surface area (Å²) in [6, 6.07) is 6.21.